The van der Waals surface area contributed by atoms with Crippen LogP contribution in [0.25, 0.3) is 21.8 Å². The van der Waals surface area contributed by atoms with Crippen LogP contribution in [0.2, 0.25) is 0 Å². The number of benzene rings is 2. The average molecular weight is 358 g/mol. The molecule has 1 amide bonds. The summed E-state index contributed by atoms with van der Waals surface area (Å²) in [6, 6.07) is 13.1. The first-order chi connectivity index (χ1) is 12.9. The smallest absolute Gasteiger partial charge is 0.296 e. The number of aromatic amines is 1. The third kappa shape index (κ3) is 3.06. The van der Waals surface area contributed by atoms with Crippen molar-refractivity contribution in [3.05, 3.63) is 64.8 Å². The summed E-state index contributed by atoms with van der Waals surface area (Å²) >= 11 is 0. The zero-order valence-electron chi connectivity index (χ0n) is 15.2. The van der Waals surface area contributed by atoms with E-state index >= 15 is 0 Å². The number of hydrogen-bond acceptors (Lipinski definition) is 4. The predicted octanol–water partition coefficient (Wildman–Crippen LogP) is 5.27. The number of nitrogens with zero attached hydrogens (tertiary/aromatic N) is 3. The molecule has 2 heterocycles. The van der Waals surface area contributed by atoms with Crippen molar-refractivity contribution >= 4 is 33.4 Å². The summed E-state index contributed by atoms with van der Waals surface area (Å²) in [6.07, 6.45) is 0. The molecule has 0 saturated carbocycles. The van der Waals surface area contributed by atoms with Crippen LogP contribution in [-0.4, -0.2) is 21.0 Å². The number of hydrogen-bond donors (Lipinski definition) is 2. The van der Waals surface area contributed by atoms with Gasteiger partial charge in [-0.2, -0.15) is 0 Å². The molecule has 4 rings (SSSR count). The van der Waals surface area contributed by atoms with Crippen molar-refractivity contribution in [2.45, 2.75) is 20.8 Å². The molecular weight excluding hydrogens is 340 g/mol. The van der Waals surface area contributed by atoms with Gasteiger partial charge in [-0.1, -0.05) is 23.3 Å². The van der Waals surface area contributed by atoms with Gasteiger partial charge in [-0.05, 0) is 51.1 Å². The lowest BCUT2D eigenvalue weighted by atomic mass is 10.1. The Balaban J connectivity index is 1.79. The van der Waals surface area contributed by atoms with Gasteiger partial charge in [-0.25, -0.2) is 0 Å². The molecule has 6 heteroatoms. The minimum atomic E-state index is -0.475. The SMILES string of the molecule is Cc1ccc2nc(C)cc(C(=O)N=Nc3c(O)[nH]c4ccc(C)cc34)c2c1. The van der Waals surface area contributed by atoms with Crippen LogP contribution in [0.4, 0.5) is 5.69 Å². The number of amides is 1. The van der Waals surface area contributed by atoms with Crippen molar-refractivity contribution in [2.24, 2.45) is 10.2 Å². The predicted molar refractivity (Wildman–Crippen MR) is 105 cm³/mol. The van der Waals surface area contributed by atoms with Crippen LogP contribution >= 0.6 is 0 Å². The Bertz CT molecular complexity index is 1240. The van der Waals surface area contributed by atoms with E-state index in [4.69, 9.17) is 0 Å². The van der Waals surface area contributed by atoms with Gasteiger partial charge in [0.2, 0.25) is 5.88 Å². The van der Waals surface area contributed by atoms with Crippen molar-refractivity contribution in [1.29, 1.82) is 0 Å². The van der Waals surface area contributed by atoms with Crippen LogP contribution in [0.15, 0.2) is 52.7 Å². The van der Waals surface area contributed by atoms with Crippen molar-refractivity contribution in [3.8, 4) is 5.88 Å². The fraction of sp³-hybridized carbons (Fsp3) is 0.143. The molecule has 0 aliphatic heterocycles. The maximum Gasteiger partial charge on any atom is 0.296 e. The van der Waals surface area contributed by atoms with E-state index in [1.165, 1.54) is 0 Å². The van der Waals surface area contributed by atoms with Crippen LogP contribution in [0.1, 0.15) is 27.2 Å². The Morgan fingerprint density at radius 3 is 2.48 bits per heavy atom. The van der Waals surface area contributed by atoms with E-state index in [0.717, 1.165) is 38.6 Å². The molecule has 27 heavy (non-hydrogen) atoms. The van der Waals surface area contributed by atoms with E-state index in [0.29, 0.717) is 5.56 Å². The van der Waals surface area contributed by atoms with Gasteiger partial charge in [0.05, 0.1) is 16.6 Å². The van der Waals surface area contributed by atoms with Crippen molar-refractivity contribution in [3.63, 3.8) is 0 Å². The molecule has 0 unspecified atom stereocenters. The van der Waals surface area contributed by atoms with E-state index in [1.54, 1.807) is 6.07 Å². The molecule has 0 saturated heterocycles. The van der Waals surface area contributed by atoms with Crippen molar-refractivity contribution in [2.75, 3.05) is 0 Å². The first kappa shape index (κ1) is 16.9. The molecule has 4 aromatic rings. The van der Waals surface area contributed by atoms with Crippen LogP contribution in [0.5, 0.6) is 5.88 Å². The quantitative estimate of drug-likeness (QED) is 0.478. The molecule has 2 N–H and O–H groups in total. The van der Waals surface area contributed by atoms with Crippen LogP contribution < -0.4 is 0 Å². The third-order valence-corrected chi connectivity index (χ3v) is 4.47. The lowest BCUT2D eigenvalue weighted by Crippen LogP contribution is -1.99. The van der Waals surface area contributed by atoms with Gasteiger partial charge in [-0.3, -0.25) is 9.78 Å². The number of carbonyl (C=O) groups is 1. The Morgan fingerprint density at radius 2 is 1.70 bits per heavy atom. The molecule has 134 valence electrons. The summed E-state index contributed by atoms with van der Waals surface area (Å²) in [5, 5.41) is 19.5. The number of nitrogens with one attached hydrogen (secondary N) is 1. The molecule has 0 aliphatic carbocycles. The van der Waals surface area contributed by atoms with Gasteiger partial charge in [0.15, 0.2) is 5.69 Å². The highest BCUT2D eigenvalue weighted by atomic mass is 16.3. The molecule has 0 radical (unpaired) electrons. The fourth-order valence-corrected chi connectivity index (χ4v) is 3.18. The molecule has 2 aromatic heterocycles. The fourth-order valence-electron chi connectivity index (χ4n) is 3.18. The molecule has 0 atom stereocenters. The third-order valence-electron chi connectivity index (χ3n) is 4.47. The lowest BCUT2D eigenvalue weighted by molar-refractivity contribution is 0.0996. The highest BCUT2D eigenvalue weighted by Crippen LogP contribution is 2.36. The van der Waals surface area contributed by atoms with Gasteiger partial charge in [0.25, 0.3) is 5.91 Å². The minimum absolute atomic E-state index is 0.112. The topological polar surface area (TPSA) is 90.7 Å². The first-order valence-corrected chi connectivity index (χ1v) is 8.58. The lowest BCUT2D eigenvalue weighted by Gasteiger charge is -2.05. The monoisotopic (exact) mass is 358 g/mol. The van der Waals surface area contributed by atoms with Gasteiger partial charge in [0, 0.05) is 16.5 Å². The van der Waals surface area contributed by atoms with E-state index in [-0.39, 0.29) is 11.6 Å². The summed E-state index contributed by atoms with van der Waals surface area (Å²) < 4.78 is 0. The number of rotatable bonds is 2. The molecule has 0 bridgehead atoms. The first-order valence-electron chi connectivity index (χ1n) is 8.58. The summed E-state index contributed by atoms with van der Waals surface area (Å²) in [5.74, 6) is -0.587. The molecule has 0 spiro atoms. The maximum absolute atomic E-state index is 12.8. The number of aromatic hydroxyl groups is 1. The number of azo groups is 1. The van der Waals surface area contributed by atoms with Gasteiger partial charge in [0.1, 0.15) is 0 Å². The van der Waals surface area contributed by atoms with Gasteiger partial charge >= 0.3 is 0 Å². The highest BCUT2D eigenvalue weighted by molar-refractivity contribution is 6.07. The molecule has 0 aliphatic rings. The van der Waals surface area contributed by atoms with Gasteiger partial charge < -0.3 is 10.1 Å². The number of carbonyl (C=O) groups excluding carboxylic acids is 1. The Labute approximate surface area is 155 Å². The van der Waals surface area contributed by atoms with E-state index < -0.39 is 5.91 Å². The molecular formula is C21H18N4O2. The molecule has 2 aromatic carbocycles. The van der Waals surface area contributed by atoms with Crippen molar-refractivity contribution < 1.29 is 9.90 Å². The second-order valence-corrected chi connectivity index (χ2v) is 6.71. The summed E-state index contributed by atoms with van der Waals surface area (Å²) in [6.45, 7) is 5.74. The van der Waals surface area contributed by atoms with Crippen LogP contribution in [-0.2, 0) is 0 Å². The Hall–Kier alpha value is -3.54. The van der Waals surface area contributed by atoms with E-state index in [1.807, 2.05) is 57.2 Å². The van der Waals surface area contributed by atoms with Crippen LogP contribution in [0, 0.1) is 20.8 Å². The van der Waals surface area contributed by atoms with Crippen LogP contribution in [0.3, 0.4) is 0 Å². The number of fused-ring (bicyclic) bond motifs is 2. The minimum Gasteiger partial charge on any atom is -0.493 e. The summed E-state index contributed by atoms with van der Waals surface area (Å²) in [5.41, 5.74) is 4.97. The van der Waals surface area contributed by atoms with Gasteiger partial charge in [-0.15, -0.1) is 10.2 Å². The molecule has 0 fully saturated rings. The second-order valence-electron chi connectivity index (χ2n) is 6.71. The standard InChI is InChI=1S/C21H18N4O2/c1-11-4-6-17-14(8-11)15(10-13(3)22-17)20(26)25-24-19-16-9-12(2)5-7-18(16)23-21(19)27/h4-10,23,27H,1-3H3. The molecule has 6 nitrogen and oxygen atoms in total. The van der Waals surface area contributed by atoms with Crippen molar-refractivity contribution in [1.82, 2.24) is 9.97 Å². The summed E-state index contributed by atoms with van der Waals surface area (Å²) in [4.78, 5) is 20.1. The normalized spacial score (nSPS) is 11.7. The average Bonchev–Trinajstić information content (AvgIpc) is 2.94. The maximum atomic E-state index is 12.8. The zero-order chi connectivity index (χ0) is 19.1. The summed E-state index contributed by atoms with van der Waals surface area (Å²) in [7, 11) is 0. The largest absolute Gasteiger partial charge is 0.493 e. The second kappa shape index (κ2) is 6.32. The zero-order valence-corrected chi connectivity index (χ0v) is 15.2. The highest BCUT2D eigenvalue weighted by Gasteiger charge is 2.14. The Kier molecular flexibility index (Phi) is 3.96. The number of pyridine rings is 1. The number of aromatic nitrogens is 2. The number of aryl methyl sites for hydroxylation is 3. The Morgan fingerprint density at radius 1 is 1.00 bits per heavy atom. The van der Waals surface area contributed by atoms with E-state index in [9.17, 15) is 9.90 Å². The number of H-pyrrole nitrogens is 1. The van der Waals surface area contributed by atoms with E-state index in [2.05, 4.69) is 20.2 Å².